The van der Waals surface area contributed by atoms with Crippen LogP contribution in [0.1, 0.15) is 59.3 Å². The molecule has 7 heteroatoms. The van der Waals surface area contributed by atoms with Crippen LogP contribution in [-0.4, -0.2) is 45.6 Å². The lowest BCUT2D eigenvalue weighted by atomic mass is 10.0. The summed E-state index contributed by atoms with van der Waals surface area (Å²) >= 11 is 0. The molecule has 1 aliphatic rings. The van der Waals surface area contributed by atoms with Gasteiger partial charge in [0, 0.05) is 31.4 Å². The number of amides is 2. The molecule has 0 radical (unpaired) electrons. The molecule has 25 heavy (non-hydrogen) atoms. The predicted octanol–water partition coefficient (Wildman–Crippen LogP) is 2.40. The molecule has 2 amide bonds. The highest BCUT2D eigenvalue weighted by atomic mass is 16.3. The molecule has 1 aliphatic heterocycles. The topological polar surface area (TPSA) is 80.4 Å². The number of aryl methyl sites for hydroxylation is 1. The molecule has 2 aromatic heterocycles. The monoisotopic (exact) mass is 344 g/mol. The molecule has 1 N–H and O–H groups in total. The van der Waals surface area contributed by atoms with Crippen LogP contribution in [-0.2, 0) is 0 Å². The van der Waals surface area contributed by atoms with Crippen LogP contribution in [0, 0.1) is 6.92 Å². The minimum atomic E-state index is -0.117. The van der Waals surface area contributed by atoms with Gasteiger partial charge in [0.1, 0.15) is 11.5 Å². The van der Waals surface area contributed by atoms with E-state index in [0.29, 0.717) is 30.1 Å². The number of carbonyl (C=O) groups excluding carboxylic acids is 2. The maximum Gasteiger partial charge on any atom is 0.272 e. The maximum atomic E-state index is 12.7. The Balaban J connectivity index is 1.57. The number of hydrogen-bond acceptors (Lipinski definition) is 4. The van der Waals surface area contributed by atoms with Gasteiger partial charge in [-0.05, 0) is 45.7 Å². The standard InChI is InChI=1S/C18H24N4O3/c1-12(2)22-16(4-8-19-22)18(24)21-9-5-14(6-10-21)20-17(23)15-7-11-25-13(15)3/h4,7-8,11-12,14H,5-6,9-10H2,1-3H3,(H,20,23). The molecule has 0 spiro atoms. The molecule has 0 aliphatic carbocycles. The van der Waals surface area contributed by atoms with E-state index in [1.807, 2.05) is 18.7 Å². The largest absolute Gasteiger partial charge is 0.469 e. The lowest BCUT2D eigenvalue weighted by molar-refractivity contribution is 0.0684. The van der Waals surface area contributed by atoms with E-state index in [1.54, 1.807) is 29.9 Å². The Morgan fingerprint density at radius 3 is 2.60 bits per heavy atom. The van der Waals surface area contributed by atoms with Crippen LogP contribution < -0.4 is 5.32 Å². The first kappa shape index (κ1) is 17.3. The van der Waals surface area contributed by atoms with Gasteiger partial charge in [-0.2, -0.15) is 5.10 Å². The van der Waals surface area contributed by atoms with Gasteiger partial charge >= 0.3 is 0 Å². The summed E-state index contributed by atoms with van der Waals surface area (Å²) in [6, 6.07) is 3.65. The summed E-state index contributed by atoms with van der Waals surface area (Å²) in [5, 5.41) is 7.26. The highest BCUT2D eigenvalue weighted by molar-refractivity contribution is 5.95. The minimum Gasteiger partial charge on any atom is -0.469 e. The Morgan fingerprint density at radius 1 is 1.28 bits per heavy atom. The highest BCUT2D eigenvalue weighted by Crippen LogP contribution is 2.17. The molecule has 7 nitrogen and oxygen atoms in total. The van der Waals surface area contributed by atoms with Gasteiger partial charge in [0.15, 0.2) is 0 Å². The van der Waals surface area contributed by atoms with E-state index in [-0.39, 0.29) is 23.9 Å². The minimum absolute atomic E-state index is 0.00153. The van der Waals surface area contributed by atoms with E-state index < -0.39 is 0 Å². The number of likely N-dealkylation sites (tertiary alicyclic amines) is 1. The second kappa shape index (κ2) is 7.13. The van der Waals surface area contributed by atoms with E-state index in [1.165, 1.54) is 6.26 Å². The average Bonchev–Trinajstić information content (AvgIpc) is 3.23. The zero-order valence-corrected chi connectivity index (χ0v) is 14.9. The van der Waals surface area contributed by atoms with E-state index in [4.69, 9.17) is 4.42 Å². The first-order valence-corrected chi connectivity index (χ1v) is 8.65. The Kier molecular flexibility index (Phi) is 4.92. The quantitative estimate of drug-likeness (QED) is 0.923. The zero-order valence-electron chi connectivity index (χ0n) is 14.9. The van der Waals surface area contributed by atoms with Crippen molar-refractivity contribution in [1.29, 1.82) is 0 Å². The van der Waals surface area contributed by atoms with Crippen LogP contribution in [0.25, 0.3) is 0 Å². The molecule has 2 aromatic rings. The fourth-order valence-electron chi connectivity index (χ4n) is 3.17. The molecule has 0 unspecified atom stereocenters. The van der Waals surface area contributed by atoms with Crippen molar-refractivity contribution in [1.82, 2.24) is 20.0 Å². The SMILES string of the molecule is Cc1occc1C(=O)NC1CCN(C(=O)c2ccnn2C(C)C)CC1. The molecular weight excluding hydrogens is 320 g/mol. The third kappa shape index (κ3) is 3.60. The van der Waals surface area contributed by atoms with Gasteiger partial charge in [-0.3, -0.25) is 14.3 Å². The fourth-order valence-corrected chi connectivity index (χ4v) is 3.17. The Morgan fingerprint density at radius 2 is 2.00 bits per heavy atom. The second-order valence-electron chi connectivity index (χ2n) is 6.69. The Hall–Kier alpha value is -2.57. The number of nitrogens with zero attached hydrogens (tertiary/aromatic N) is 3. The Bertz CT molecular complexity index is 754. The van der Waals surface area contributed by atoms with Crippen molar-refractivity contribution >= 4 is 11.8 Å². The molecule has 1 fully saturated rings. The predicted molar refractivity (Wildman–Crippen MR) is 92.4 cm³/mol. The third-order valence-corrected chi connectivity index (χ3v) is 4.60. The molecule has 1 saturated heterocycles. The van der Waals surface area contributed by atoms with E-state index in [9.17, 15) is 9.59 Å². The van der Waals surface area contributed by atoms with Gasteiger partial charge in [-0.1, -0.05) is 0 Å². The van der Waals surface area contributed by atoms with Crippen LogP contribution in [0.4, 0.5) is 0 Å². The number of rotatable bonds is 4. The molecule has 0 aromatic carbocycles. The van der Waals surface area contributed by atoms with Crippen molar-refractivity contribution in [3.05, 3.63) is 41.6 Å². The number of aromatic nitrogens is 2. The van der Waals surface area contributed by atoms with Gasteiger partial charge in [0.05, 0.1) is 11.8 Å². The van der Waals surface area contributed by atoms with E-state index in [2.05, 4.69) is 10.4 Å². The van der Waals surface area contributed by atoms with Crippen molar-refractivity contribution in [2.45, 2.75) is 45.7 Å². The first-order valence-electron chi connectivity index (χ1n) is 8.65. The van der Waals surface area contributed by atoms with Crippen molar-refractivity contribution < 1.29 is 14.0 Å². The van der Waals surface area contributed by atoms with Crippen LogP contribution in [0.3, 0.4) is 0 Å². The van der Waals surface area contributed by atoms with Crippen LogP contribution in [0.2, 0.25) is 0 Å². The number of carbonyl (C=O) groups is 2. The van der Waals surface area contributed by atoms with Crippen molar-refractivity contribution in [3.8, 4) is 0 Å². The van der Waals surface area contributed by atoms with Gasteiger partial charge in [0.25, 0.3) is 11.8 Å². The van der Waals surface area contributed by atoms with Crippen LogP contribution in [0.5, 0.6) is 0 Å². The molecule has 0 atom stereocenters. The summed E-state index contributed by atoms with van der Waals surface area (Å²) in [5.41, 5.74) is 1.19. The Labute approximate surface area is 147 Å². The molecule has 0 saturated carbocycles. The normalized spacial score (nSPS) is 15.6. The first-order chi connectivity index (χ1) is 12.0. The molecule has 3 heterocycles. The summed E-state index contributed by atoms with van der Waals surface area (Å²) in [6.07, 6.45) is 4.66. The number of furan rings is 1. The summed E-state index contributed by atoms with van der Waals surface area (Å²) < 4.78 is 6.92. The summed E-state index contributed by atoms with van der Waals surface area (Å²) in [5.74, 6) is 0.502. The summed E-state index contributed by atoms with van der Waals surface area (Å²) in [6.45, 7) is 7.02. The van der Waals surface area contributed by atoms with Crippen LogP contribution in [0.15, 0.2) is 29.0 Å². The van der Waals surface area contributed by atoms with E-state index in [0.717, 1.165) is 12.8 Å². The highest BCUT2D eigenvalue weighted by Gasteiger charge is 2.27. The smallest absolute Gasteiger partial charge is 0.272 e. The van der Waals surface area contributed by atoms with Gasteiger partial charge in [0.2, 0.25) is 0 Å². The van der Waals surface area contributed by atoms with Gasteiger partial charge in [-0.15, -0.1) is 0 Å². The average molecular weight is 344 g/mol. The van der Waals surface area contributed by atoms with Crippen LogP contribution >= 0.6 is 0 Å². The fraction of sp³-hybridized carbons (Fsp3) is 0.500. The van der Waals surface area contributed by atoms with Gasteiger partial charge in [-0.25, -0.2) is 0 Å². The molecule has 3 rings (SSSR count). The summed E-state index contributed by atoms with van der Waals surface area (Å²) in [7, 11) is 0. The maximum absolute atomic E-state index is 12.7. The lowest BCUT2D eigenvalue weighted by Gasteiger charge is -2.32. The molecule has 0 bridgehead atoms. The zero-order chi connectivity index (χ0) is 18.0. The number of hydrogen-bond donors (Lipinski definition) is 1. The summed E-state index contributed by atoms with van der Waals surface area (Å²) in [4.78, 5) is 26.8. The second-order valence-corrected chi connectivity index (χ2v) is 6.69. The van der Waals surface area contributed by atoms with Crippen molar-refractivity contribution in [2.75, 3.05) is 13.1 Å². The third-order valence-electron chi connectivity index (χ3n) is 4.60. The lowest BCUT2D eigenvalue weighted by Crippen LogP contribution is -2.47. The van der Waals surface area contributed by atoms with Crippen molar-refractivity contribution in [2.24, 2.45) is 0 Å². The number of nitrogens with one attached hydrogen (secondary N) is 1. The van der Waals surface area contributed by atoms with Gasteiger partial charge < -0.3 is 14.6 Å². The molecule has 134 valence electrons. The molecular formula is C18H24N4O3. The number of piperidine rings is 1. The van der Waals surface area contributed by atoms with Crippen molar-refractivity contribution in [3.63, 3.8) is 0 Å². The van der Waals surface area contributed by atoms with E-state index >= 15 is 0 Å².